The summed E-state index contributed by atoms with van der Waals surface area (Å²) >= 11 is 13.5. The van der Waals surface area contributed by atoms with Gasteiger partial charge in [0.25, 0.3) is 0 Å². The van der Waals surface area contributed by atoms with Gasteiger partial charge in [-0.15, -0.1) is 16.8 Å². The van der Waals surface area contributed by atoms with Crippen molar-refractivity contribution in [2.75, 3.05) is 11.1 Å². The number of fused-ring (bicyclic) bond motifs is 1. The number of rotatable bonds is 7. The van der Waals surface area contributed by atoms with Gasteiger partial charge in [0.15, 0.2) is 10.9 Å². The highest BCUT2D eigenvalue weighted by Gasteiger charge is 2.18. The Labute approximate surface area is 193 Å². The molecule has 1 N–H and O–H groups in total. The predicted molar refractivity (Wildman–Crippen MR) is 126 cm³/mol. The molecule has 0 saturated carbocycles. The van der Waals surface area contributed by atoms with Crippen LogP contribution in [0.25, 0.3) is 22.6 Å². The van der Waals surface area contributed by atoms with Crippen LogP contribution in [0, 0.1) is 6.92 Å². The highest BCUT2D eigenvalue weighted by molar-refractivity contribution is 7.99. The highest BCUT2D eigenvalue weighted by atomic mass is 35.5. The first-order chi connectivity index (χ1) is 15.0. The van der Waals surface area contributed by atoms with Gasteiger partial charge in [0.05, 0.1) is 5.75 Å². The number of allylic oxidation sites excluding steroid dienone is 1. The van der Waals surface area contributed by atoms with Crippen LogP contribution in [0.15, 0.2) is 64.7 Å². The minimum atomic E-state index is -0.163. The van der Waals surface area contributed by atoms with Crippen LogP contribution in [-0.2, 0) is 11.3 Å². The van der Waals surface area contributed by atoms with Crippen LogP contribution in [0.2, 0.25) is 10.0 Å². The SMILES string of the molecule is C=CCn1c(SCC(=O)Nc2cccc(Cl)c2C)nnc1-c1cc2cc(Cl)ccc2o1. The van der Waals surface area contributed by atoms with Crippen LogP contribution in [0.4, 0.5) is 5.69 Å². The fourth-order valence-electron chi connectivity index (χ4n) is 3.06. The number of nitrogens with zero attached hydrogens (tertiary/aromatic N) is 3. The standard InChI is InChI=1S/C22H18Cl2N4O2S/c1-3-9-28-21(19-11-14-10-15(23)7-8-18(14)30-19)26-27-22(28)31-12-20(29)25-17-6-4-5-16(24)13(17)2/h3-8,10-11H,1,9,12H2,2H3,(H,25,29). The van der Waals surface area contributed by atoms with Gasteiger partial charge in [0, 0.05) is 27.7 Å². The Morgan fingerprint density at radius 1 is 1.26 bits per heavy atom. The molecule has 9 heteroatoms. The number of carbonyl (C=O) groups is 1. The molecular formula is C22H18Cl2N4O2S. The van der Waals surface area contributed by atoms with E-state index in [9.17, 15) is 4.79 Å². The van der Waals surface area contributed by atoms with Crippen LogP contribution < -0.4 is 5.32 Å². The number of hydrogen-bond donors (Lipinski definition) is 1. The number of amides is 1. The van der Waals surface area contributed by atoms with Crippen LogP contribution in [-0.4, -0.2) is 26.4 Å². The first kappa shape index (κ1) is 21.5. The molecule has 0 bridgehead atoms. The Balaban J connectivity index is 1.53. The normalized spacial score (nSPS) is 11.1. The van der Waals surface area contributed by atoms with E-state index in [4.69, 9.17) is 27.6 Å². The summed E-state index contributed by atoms with van der Waals surface area (Å²) in [6, 6.07) is 12.7. The van der Waals surface area contributed by atoms with E-state index in [0.717, 1.165) is 10.9 Å². The van der Waals surface area contributed by atoms with Crippen molar-refractivity contribution in [3.8, 4) is 11.6 Å². The number of hydrogen-bond acceptors (Lipinski definition) is 5. The molecule has 0 atom stereocenters. The lowest BCUT2D eigenvalue weighted by Gasteiger charge is -2.09. The molecule has 4 rings (SSSR count). The number of carbonyl (C=O) groups excluding carboxylic acids is 1. The first-order valence-electron chi connectivity index (χ1n) is 9.37. The van der Waals surface area contributed by atoms with Gasteiger partial charge in [-0.25, -0.2) is 0 Å². The van der Waals surface area contributed by atoms with Gasteiger partial charge in [0.1, 0.15) is 5.58 Å². The third-order valence-electron chi connectivity index (χ3n) is 4.60. The van der Waals surface area contributed by atoms with E-state index in [1.807, 2.05) is 35.8 Å². The summed E-state index contributed by atoms with van der Waals surface area (Å²) in [6.45, 7) is 6.14. The molecule has 4 aromatic rings. The fourth-order valence-corrected chi connectivity index (χ4v) is 4.16. The second-order valence-corrected chi connectivity index (χ2v) is 8.53. The topological polar surface area (TPSA) is 73.0 Å². The molecule has 2 aromatic carbocycles. The largest absolute Gasteiger partial charge is 0.453 e. The molecule has 0 unspecified atom stereocenters. The molecule has 0 aliphatic carbocycles. The molecular weight excluding hydrogens is 455 g/mol. The Kier molecular flexibility index (Phi) is 6.36. The molecule has 0 fully saturated rings. The summed E-state index contributed by atoms with van der Waals surface area (Å²) < 4.78 is 7.78. The van der Waals surface area contributed by atoms with Crippen molar-refractivity contribution in [3.05, 3.63) is 70.7 Å². The third-order valence-corrected chi connectivity index (χ3v) is 6.21. The molecule has 2 aromatic heterocycles. The average Bonchev–Trinajstić information content (AvgIpc) is 3.33. The van der Waals surface area contributed by atoms with Gasteiger partial charge in [0.2, 0.25) is 11.7 Å². The second-order valence-electron chi connectivity index (χ2n) is 6.75. The Morgan fingerprint density at radius 2 is 2.10 bits per heavy atom. The van der Waals surface area contributed by atoms with Gasteiger partial charge >= 0.3 is 0 Å². The highest BCUT2D eigenvalue weighted by Crippen LogP contribution is 2.31. The van der Waals surface area contributed by atoms with Gasteiger partial charge in [-0.3, -0.25) is 9.36 Å². The zero-order valence-corrected chi connectivity index (χ0v) is 18.9. The first-order valence-corrected chi connectivity index (χ1v) is 11.1. The fraction of sp³-hybridized carbons (Fsp3) is 0.136. The molecule has 1 amide bonds. The van der Waals surface area contributed by atoms with Crippen LogP contribution >= 0.6 is 35.0 Å². The average molecular weight is 473 g/mol. The summed E-state index contributed by atoms with van der Waals surface area (Å²) in [5.41, 5.74) is 2.22. The predicted octanol–water partition coefficient (Wildman–Crippen LogP) is 6.22. The Bertz CT molecular complexity index is 1280. The number of benzene rings is 2. The molecule has 0 radical (unpaired) electrons. The van der Waals surface area contributed by atoms with E-state index in [1.165, 1.54) is 11.8 Å². The van der Waals surface area contributed by atoms with Gasteiger partial charge in [-0.1, -0.05) is 47.1 Å². The summed E-state index contributed by atoms with van der Waals surface area (Å²) in [5, 5.41) is 14.1. The zero-order valence-electron chi connectivity index (χ0n) is 16.6. The number of halogens is 2. The van der Waals surface area contributed by atoms with Gasteiger partial charge in [-0.2, -0.15) is 0 Å². The lowest BCUT2D eigenvalue weighted by molar-refractivity contribution is -0.113. The number of furan rings is 1. The molecule has 0 aliphatic rings. The van der Waals surface area contributed by atoms with Gasteiger partial charge in [-0.05, 0) is 48.9 Å². The molecule has 0 saturated heterocycles. The van der Waals surface area contributed by atoms with Crippen molar-refractivity contribution in [1.82, 2.24) is 14.8 Å². The van der Waals surface area contributed by atoms with Crippen molar-refractivity contribution in [2.45, 2.75) is 18.6 Å². The van der Waals surface area contributed by atoms with E-state index >= 15 is 0 Å². The minimum Gasteiger partial charge on any atom is -0.453 e. The lowest BCUT2D eigenvalue weighted by atomic mass is 10.2. The molecule has 158 valence electrons. The third kappa shape index (κ3) is 4.63. The van der Waals surface area contributed by atoms with Crippen molar-refractivity contribution in [1.29, 1.82) is 0 Å². The Morgan fingerprint density at radius 3 is 2.90 bits per heavy atom. The molecule has 0 spiro atoms. The summed E-state index contributed by atoms with van der Waals surface area (Å²) in [7, 11) is 0. The summed E-state index contributed by atoms with van der Waals surface area (Å²) in [5.74, 6) is 1.12. The van der Waals surface area contributed by atoms with E-state index in [-0.39, 0.29) is 11.7 Å². The summed E-state index contributed by atoms with van der Waals surface area (Å²) in [6.07, 6.45) is 1.74. The van der Waals surface area contributed by atoms with Crippen LogP contribution in [0.3, 0.4) is 0 Å². The Hall–Kier alpha value is -2.74. The molecule has 2 heterocycles. The van der Waals surface area contributed by atoms with E-state index in [0.29, 0.717) is 44.6 Å². The van der Waals surface area contributed by atoms with Crippen LogP contribution in [0.5, 0.6) is 0 Å². The van der Waals surface area contributed by atoms with Crippen molar-refractivity contribution in [2.24, 2.45) is 0 Å². The maximum Gasteiger partial charge on any atom is 0.234 e. The quantitative estimate of drug-likeness (QED) is 0.255. The smallest absolute Gasteiger partial charge is 0.234 e. The number of nitrogens with one attached hydrogen (secondary N) is 1. The van der Waals surface area contributed by atoms with Crippen LogP contribution in [0.1, 0.15) is 5.56 Å². The molecule has 0 aliphatic heterocycles. The number of anilines is 1. The number of thioether (sulfide) groups is 1. The summed E-state index contributed by atoms with van der Waals surface area (Å²) in [4.78, 5) is 12.5. The van der Waals surface area contributed by atoms with Crippen molar-refractivity contribution >= 4 is 57.5 Å². The second kappa shape index (κ2) is 9.18. The number of aromatic nitrogens is 3. The molecule has 31 heavy (non-hydrogen) atoms. The molecule has 6 nitrogen and oxygen atoms in total. The van der Waals surface area contributed by atoms with E-state index in [1.54, 1.807) is 24.3 Å². The van der Waals surface area contributed by atoms with E-state index in [2.05, 4.69) is 22.1 Å². The monoisotopic (exact) mass is 472 g/mol. The van der Waals surface area contributed by atoms with Gasteiger partial charge < -0.3 is 9.73 Å². The van der Waals surface area contributed by atoms with Crippen molar-refractivity contribution in [3.63, 3.8) is 0 Å². The maximum absolute atomic E-state index is 12.5. The lowest BCUT2D eigenvalue weighted by Crippen LogP contribution is -2.15. The van der Waals surface area contributed by atoms with E-state index < -0.39 is 0 Å². The minimum absolute atomic E-state index is 0.163. The zero-order chi connectivity index (χ0) is 22.0. The van der Waals surface area contributed by atoms with Crippen molar-refractivity contribution < 1.29 is 9.21 Å². The maximum atomic E-state index is 12.5.